The predicted molar refractivity (Wildman–Crippen MR) is 91.3 cm³/mol. The van der Waals surface area contributed by atoms with Gasteiger partial charge in [-0.3, -0.25) is 15.4 Å². The minimum absolute atomic E-state index is 0.0638. The van der Waals surface area contributed by atoms with Gasteiger partial charge in [-0.2, -0.15) is 4.80 Å². The summed E-state index contributed by atoms with van der Waals surface area (Å²) in [6, 6.07) is 4.86. The van der Waals surface area contributed by atoms with E-state index in [2.05, 4.69) is 26.0 Å². The van der Waals surface area contributed by atoms with E-state index in [4.69, 9.17) is 21.7 Å². The largest absolute Gasteiger partial charge is 0.497 e. The second kappa shape index (κ2) is 8.20. The van der Waals surface area contributed by atoms with Crippen LogP contribution in [-0.2, 0) is 6.54 Å². The number of rotatable bonds is 6. The van der Waals surface area contributed by atoms with Crippen LogP contribution in [0.25, 0.3) is 0 Å². The molecule has 10 heteroatoms. The van der Waals surface area contributed by atoms with Crippen molar-refractivity contribution in [1.82, 2.24) is 25.5 Å². The molecule has 0 aliphatic rings. The molecule has 0 unspecified atom stereocenters. The Morgan fingerprint density at radius 1 is 1.33 bits per heavy atom. The fourth-order valence-electron chi connectivity index (χ4n) is 1.88. The second-order valence-electron chi connectivity index (χ2n) is 4.68. The summed E-state index contributed by atoms with van der Waals surface area (Å²) in [5.74, 6) is 0.755. The summed E-state index contributed by atoms with van der Waals surface area (Å²) in [4.78, 5) is 13.8. The maximum atomic E-state index is 12.3. The summed E-state index contributed by atoms with van der Waals surface area (Å²) in [6.07, 6.45) is 0.883. The van der Waals surface area contributed by atoms with Crippen LogP contribution in [0.5, 0.6) is 11.5 Å². The summed E-state index contributed by atoms with van der Waals surface area (Å²) in [5, 5.41) is 17.0. The van der Waals surface area contributed by atoms with E-state index < -0.39 is 5.91 Å². The first kappa shape index (κ1) is 17.6. The lowest BCUT2D eigenvalue weighted by Gasteiger charge is -2.11. The number of hydrogen-bond acceptors (Lipinski definition) is 7. The SMILES string of the molecule is CCCn1nnc(NC(=S)NC(=O)c2ccc(OC)cc2OC)n1. The number of tetrazole rings is 1. The number of anilines is 1. The van der Waals surface area contributed by atoms with Crippen molar-refractivity contribution in [2.45, 2.75) is 19.9 Å². The zero-order chi connectivity index (χ0) is 17.5. The summed E-state index contributed by atoms with van der Waals surface area (Å²) in [6.45, 7) is 2.65. The van der Waals surface area contributed by atoms with Crippen molar-refractivity contribution in [2.24, 2.45) is 0 Å². The molecule has 128 valence electrons. The molecule has 9 nitrogen and oxygen atoms in total. The molecule has 1 aromatic heterocycles. The molecule has 0 atom stereocenters. The van der Waals surface area contributed by atoms with Gasteiger partial charge in [-0.25, -0.2) is 0 Å². The van der Waals surface area contributed by atoms with Crippen LogP contribution in [0, 0.1) is 0 Å². The number of ether oxygens (including phenoxy) is 2. The molecule has 2 aromatic rings. The highest BCUT2D eigenvalue weighted by Crippen LogP contribution is 2.24. The first-order valence-electron chi connectivity index (χ1n) is 7.19. The van der Waals surface area contributed by atoms with Gasteiger partial charge in [0.15, 0.2) is 5.11 Å². The van der Waals surface area contributed by atoms with Crippen LogP contribution in [0.4, 0.5) is 5.95 Å². The number of methoxy groups -OCH3 is 2. The minimum Gasteiger partial charge on any atom is -0.497 e. The molecule has 24 heavy (non-hydrogen) atoms. The minimum atomic E-state index is -0.423. The van der Waals surface area contributed by atoms with E-state index in [0.717, 1.165) is 6.42 Å². The van der Waals surface area contributed by atoms with Crippen molar-refractivity contribution in [1.29, 1.82) is 0 Å². The van der Waals surface area contributed by atoms with Gasteiger partial charge < -0.3 is 9.47 Å². The Hall–Kier alpha value is -2.75. The van der Waals surface area contributed by atoms with Crippen LogP contribution < -0.4 is 20.1 Å². The zero-order valence-electron chi connectivity index (χ0n) is 13.6. The van der Waals surface area contributed by atoms with Gasteiger partial charge in [0.05, 0.1) is 26.3 Å². The van der Waals surface area contributed by atoms with Gasteiger partial charge in [0.25, 0.3) is 11.9 Å². The van der Waals surface area contributed by atoms with E-state index >= 15 is 0 Å². The molecule has 1 amide bonds. The second-order valence-corrected chi connectivity index (χ2v) is 5.09. The van der Waals surface area contributed by atoms with E-state index in [1.165, 1.54) is 19.0 Å². The highest BCUT2D eigenvalue weighted by Gasteiger charge is 2.15. The van der Waals surface area contributed by atoms with E-state index in [0.29, 0.717) is 23.6 Å². The Morgan fingerprint density at radius 2 is 2.12 bits per heavy atom. The first-order valence-corrected chi connectivity index (χ1v) is 7.60. The average Bonchev–Trinajstić information content (AvgIpc) is 3.01. The highest BCUT2D eigenvalue weighted by molar-refractivity contribution is 7.80. The fourth-order valence-corrected chi connectivity index (χ4v) is 2.06. The number of nitrogens with one attached hydrogen (secondary N) is 2. The van der Waals surface area contributed by atoms with Gasteiger partial charge in [0.1, 0.15) is 11.5 Å². The molecule has 0 fully saturated rings. The van der Waals surface area contributed by atoms with Crippen LogP contribution in [0.2, 0.25) is 0 Å². The molecule has 0 saturated carbocycles. The predicted octanol–water partition coefficient (Wildman–Crippen LogP) is 1.23. The normalized spacial score (nSPS) is 10.1. The molecular weight excluding hydrogens is 332 g/mol. The molecule has 0 aliphatic carbocycles. The van der Waals surface area contributed by atoms with Crippen molar-refractivity contribution in [3.05, 3.63) is 23.8 Å². The molecule has 0 spiro atoms. The van der Waals surface area contributed by atoms with Gasteiger partial charge in [-0.15, -0.1) is 5.10 Å². The third-order valence-electron chi connectivity index (χ3n) is 2.98. The number of aromatic nitrogens is 4. The van der Waals surface area contributed by atoms with E-state index in [-0.39, 0.29) is 11.1 Å². The number of aryl methyl sites for hydroxylation is 1. The van der Waals surface area contributed by atoms with Crippen molar-refractivity contribution in [2.75, 3.05) is 19.5 Å². The molecule has 0 radical (unpaired) electrons. The Bertz CT molecular complexity index is 733. The molecular formula is C14H18N6O3S. The fraction of sp³-hybridized carbons (Fsp3) is 0.357. The maximum Gasteiger partial charge on any atom is 0.269 e. The number of benzene rings is 1. The van der Waals surface area contributed by atoms with Crippen molar-refractivity contribution < 1.29 is 14.3 Å². The topological polar surface area (TPSA) is 103 Å². The molecule has 2 rings (SSSR count). The van der Waals surface area contributed by atoms with Gasteiger partial charge in [0, 0.05) is 6.07 Å². The number of nitrogens with zero attached hydrogens (tertiary/aromatic N) is 4. The van der Waals surface area contributed by atoms with E-state index in [9.17, 15) is 4.79 Å². The Kier molecular flexibility index (Phi) is 6.01. The Morgan fingerprint density at radius 3 is 2.79 bits per heavy atom. The monoisotopic (exact) mass is 350 g/mol. The number of thiocarbonyl (C=S) groups is 1. The molecule has 0 bridgehead atoms. The molecule has 0 aliphatic heterocycles. The standard InChI is InChI=1S/C14H18N6O3S/c1-4-7-20-18-13(17-19-20)16-14(24)15-12(21)10-6-5-9(22-2)8-11(10)23-3/h5-6,8H,4,7H2,1-3H3,(H2,15,16,18,21,24). The number of carbonyl (C=O) groups is 1. The van der Waals surface area contributed by atoms with E-state index in [1.807, 2.05) is 6.92 Å². The molecule has 1 aromatic carbocycles. The van der Waals surface area contributed by atoms with Crippen molar-refractivity contribution in [3.63, 3.8) is 0 Å². The number of carbonyl (C=O) groups excluding carboxylic acids is 1. The lowest BCUT2D eigenvalue weighted by molar-refractivity contribution is 0.0974. The third-order valence-corrected chi connectivity index (χ3v) is 3.19. The van der Waals surface area contributed by atoms with Gasteiger partial charge >= 0.3 is 0 Å². The quantitative estimate of drug-likeness (QED) is 0.750. The summed E-state index contributed by atoms with van der Waals surface area (Å²) >= 11 is 5.09. The maximum absolute atomic E-state index is 12.3. The zero-order valence-corrected chi connectivity index (χ0v) is 14.4. The lowest BCUT2D eigenvalue weighted by atomic mass is 10.2. The van der Waals surface area contributed by atoms with Gasteiger partial charge in [0.2, 0.25) is 0 Å². The Labute approximate surface area is 144 Å². The first-order chi connectivity index (χ1) is 11.6. The smallest absolute Gasteiger partial charge is 0.269 e. The lowest BCUT2D eigenvalue weighted by Crippen LogP contribution is -2.34. The molecule has 0 saturated heterocycles. The van der Waals surface area contributed by atoms with Gasteiger partial charge in [-0.05, 0) is 36.0 Å². The summed E-state index contributed by atoms with van der Waals surface area (Å²) in [7, 11) is 3.00. The number of amides is 1. The van der Waals surface area contributed by atoms with E-state index in [1.54, 1.807) is 18.2 Å². The van der Waals surface area contributed by atoms with Crippen molar-refractivity contribution in [3.8, 4) is 11.5 Å². The van der Waals surface area contributed by atoms with Crippen molar-refractivity contribution >= 4 is 29.2 Å². The summed E-state index contributed by atoms with van der Waals surface area (Å²) < 4.78 is 10.3. The van der Waals surface area contributed by atoms with Crippen LogP contribution in [0.3, 0.4) is 0 Å². The number of hydrogen-bond donors (Lipinski definition) is 2. The molecule has 1 heterocycles. The van der Waals surface area contributed by atoms with Crippen LogP contribution in [0.15, 0.2) is 18.2 Å². The van der Waals surface area contributed by atoms with Crippen LogP contribution in [-0.4, -0.2) is 45.4 Å². The highest BCUT2D eigenvalue weighted by atomic mass is 32.1. The third kappa shape index (κ3) is 4.38. The van der Waals surface area contributed by atoms with Gasteiger partial charge in [-0.1, -0.05) is 12.0 Å². The van der Waals surface area contributed by atoms with Crippen LogP contribution in [0.1, 0.15) is 23.7 Å². The Balaban J connectivity index is 2.01. The average molecular weight is 350 g/mol. The summed E-state index contributed by atoms with van der Waals surface area (Å²) in [5.41, 5.74) is 0.324. The molecule has 2 N–H and O–H groups in total. The van der Waals surface area contributed by atoms with Crippen LogP contribution >= 0.6 is 12.2 Å².